The van der Waals surface area contributed by atoms with Gasteiger partial charge in [-0.05, 0) is 51.1 Å². The highest BCUT2D eigenvalue weighted by atomic mass is 35.5. The Morgan fingerprint density at radius 2 is 2.12 bits per heavy atom. The molecule has 6 nitrogen and oxygen atoms in total. The molecule has 2 heterocycles. The monoisotopic (exact) mass is 475 g/mol. The molecule has 0 saturated heterocycles. The fourth-order valence-corrected chi connectivity index (χ4v) is 4.47. The van der Waals surface area contributed by atoms with Gasteiger partial charge >= 0.3 is 0 Å². The van der Waals surface area contributed by atoms with Crippen LogP contribution < -0.4 is 10.6 Å². The summed E-state index contributed by atoms with van der Waals surface area (Å²) >= 11 is 7.44. The fourth-order valence-electron chi connectivity index (χ4n) is 3.12. The molecule has 2 aromatic heterocycles. The van der Waals surface area contributed by atoms with Gasteiger partial charge in [0.2, 0.25) is 5.91 Å². The lowest BCUT2D eigenvalue weighted by Gasteiger charge is -2.18. The van der Waals surface area contributed by atoms with Crippen LogP contribution in [0.15, 0.2) is 36.7 Å². The molecule has 170 valence electrons. The van der Waals surface area contributed by atoms with E-state index >= 15 is 0 Å². The number of rotatable bonds is 9. The molecular formula is C23H27ClFN5OS. The van der Waals surface area contributed by atoms with Gasteiger partial charge in [0.05, 0.1) is 17.0 Å². The molecule has 1 aromatic carbocycles. The largest absolute Gasteiger partial charge is 0.348 e. The lowest BCUT2D eigenvalue weighted by atomic mass is 10.1. The number of likely N-dealkylation sites (N-methyl/N-ethyl adjacent to an activating group) is 1. The maximum atomic E-state index is 13.5. The Bertz CT molecular complexity index is 1130. The molecule has 3 aromatic rings. The summed E-state index contributed by atoms with van der Waals surface area (Å²) in [5, 5.41) is 7.12. The van der Waals surface area contributed by atoms with Crippen molar-refractivity contribution in [3.8, 4) is 0 Å². The molecule has 0 fully saturated rings. The van der Waals surface area contributed by atoms with Crippen LogP contribution in [0.5, 0.6) is 0 Å². The van der Waals surface area contributed by atoms with Crippen LogP contribution in [-0.2, 0) is 17.8 Å². The number of hydrogen-bond acceptors (Lipinski definition) is 6. The SMILES string of the molecule is CCc1c(CNC(=O)/C=C/CN(C)C(C)C)sc2ncnc(Nc3ccc(F)c(Cl)c3)c12. The molecule has 2 N–H and O–H groups in total. The highest BCUT2D eigenvalue weighted by Gasteiger charge is 2.17. The number of fused-ring (bicyclic) bond motifs is 1. The minimum Gasteiger partial charge on any atom is -0.348 e. The second-order valence-corrected chi connectivity index (χ2v) is 9.16. The fraction of sp³-hybridized carbons (Fsp3) is 0.348. The van der Waals surface area contributed by atoms with Crippen molar-refractivity contribution in [1.82, 2.24) is 20.2 Å². The molecule has 0 spiro atoms. The maximum Gasteiger partial charge on any atom is 0.243 e. The van der Waals surface area contributed by atoms with Crippen molar-refractivity contribution in [3.05, 3.63) is 58.0 Å². The van der Waals surface area contributed by atoms with Gasteiger partial charge in [-0.25, -0.2) is 14.4 Å². The minimum absolute atomic E-state index is 0.0392. The zero-order chi connectivity index (χ0) is 23.3. The number of carbonyl (C=O) groups is 1. The number of benzene rings is 1. The molecule has 0 aliphatic rings. The van der Waals surface area contributed by atoms with E-state index in [-0.39, 0.29) is 10.9 Å². The average molecular weight is 476 g/mol. The van der Waals surface area contributed by atoms with E-state index in [1.165, 1.54) is 29.8 Å². The van der Waals surface area contributed by atoms with Crippen LogP contribution in [-0.4, -0.2) is 40.4 Å². The number of aryl methyl sites for hydroxylation is 1. The number of thiophene rings is 1. The summed E-state index contributed by atoms with van der Waals surface area (Å²) in [5.41, 5.74) is 1.71. The van der Waals surface area contributed by atoms with Gasteiger partial charge in [0, 0.05) is 29.2 Å². The number of carbonyl (C=O) groups excluding carboxylic acids is 1. The Balaban J connectivity index is 1.77. The van der Waals surface area contributed by atoms with E-state index in [1.54, 1.807) is 12.1 Å². The summed E-state index contributed by atoms with van der Waals surface area (Å²) in [7, 11) is 2.02. The van der Waals surface area contributed by atoms with Crippen LogP contribution in [0.25, 0.3) is 10.2 Å². The minimum atomic E-state index is -0.474. The Morgan fingerprint density at radius 1 is 1.34 bits per heavy atom. The van der Waals surface area contributed by atoms with Crippen molar-refractivity contribution >= 4 is 50.6 Å². The first-order chi connectivity index (χ1) is 15.3. The van der Waals surface area contributed by atoms with Crippen molar-refractivity contribution in [3.63, 3.8) is 0 Å². The van der Waals surface area contributed by atoms with Crippen LogP contribution in [0.2, 0.25) is 5.02 Å². The smallest absolute Gasteiger partial charge is 0.243 e. The van der Waals surface area contributed by atoms with Crippen molar-refractivity contribution in [2.75, 3.05) is 18.9 Å². The van der Waals surface area contributed by atoms with Crippen molar-refractivity contribution in [1.29, 1.82) is 0 Å². The standard InChI is InChI=1S/C23H27ClFN5OS/c1-5-16-19(12-26-20(31)7-6-10-30(4)14(2)3)32-23-21(16)22(27-13-28-23)29-15-8-9-18(25)17(24)11-15/h6-9,11,13-14H,5,10,12H2,1-4H3,(H,26,31)(H,27,28,29)/b7-6+. The third-order valence-electron chi connectivity index (χ3n) is 5.17. The summed E-state index contributed by atoms with van der Waals surface area (Å²) < 4.78 is 13.5. The first kappa shape index (κ1) is 24.1. The molecule has 0 bridgehead atoms. The molecule has 3 rings (SSSR count). The second-order valence-electron chi connectivity index (χ2n) is 7.67. The molecule has 0 unspecified atom stereocenters. The van der Waals surface area contributed by atoms with Gasteiger partial charge < -0.3 is 15.5 Å². The molecule has 0 saturated carbocycles. The Hall–Kier alpha value is -2.55. The van der Waals surface area contributed by atoms with Crippen LogP contribution in [0.1, 0.15) is 31.2 Å². The highest BCUT2D eigenvalue weighted by molar-refractivity contribution is 7.18. The van der Waals surface area contributed by atoms with Gasteiger partial charge in [0.25, 0.3) is 0 Å². The lowest BCUT2D eigenvalue weighted by molar-refractivity contribution is -0.116. The Kier molecular flexibility index (Phi) is 8.17. The topological polar surface area (TPSA) is 70.2 Å². The predicted molar refractivity (Wildman–Crippen MR) is 130 cm³/mol. The van der Waals surface area contributed by atoms with E-state index in [2.05, 4.69) is 46.3 Å². The number of halogens is 2. The zero-order valence-corrected chi connectivity index (χ0v) is 20.1. The van der Waals surface area contributed by atoms with E-state index in [4.69, 9.17) is 11.6 Å². The molecule has 32 heavy (non-hydrogen) atoms. The maximum absolute atomic E-state index is 13.5. The average Bonchev–Trinajstić information content (AvgIpc) is 3.13. The van der Waals surface area contributed by atoms with Crippen molar-refractivity contribution in [2.45, 2.75) is 39.8 Å². The van der Waals surface area contributed by atoms with E-state index in [0.29, 0.717) is 30.6 Å². The number of nitrogens with zero attached hydrogens (tertiary/aromatic N) is 3. The zero-order valence-electron chi connectivity index (χ0n) is 18.6. The van der Waals surface area contributed by atoms with E-state index in [0.717, 1.165) is 27.1 Å². The number of amides is 1. The Labute approximate surface area is 196 Å². The van der Waals surface area contributed by atoms with Gasteiger partial charge in [-0.1, -0.05) is 24.6 Å². The quantitative estimate of drug-likeness (QED) is 0.411. The van der Waals surface area contributed by atoms with Gasteiger partial charge in [0.15, 0.2) is 0 Å². The highest BCUT2D eigenvalue weighted by Crippen LogP contribution is 2.35. The van der Waals surface area contributed by atoms with Gasteiger partial charge in [-0.15, -0.1) is 11.3 Å². The first-order valence-electron chi connectivity index (χ1n) is 10.4. The molecule has 0 aliphatic heterocycles. The molecular weight excluding hydrogens is 449 g/mol. The number of aromatic nitrogens is 2. The normalized spacial score (nSPS) is 11.8. The van der Waals surface area contributed by atoms with Crippen LogP contribution in [0.4, 0.5) is 15.9 Å². The number of hydrogen-bond donors (Lipinski definition) is 2. The van der Waals surface area contributed by atoms with Gasteiger partial charge in [-0.2, -0.15) is 0 Å². The van der Waals surface area contributed by atoms with Gasteiger partial charge in [-0.3, -0.25) is 4.79 Å². The van der Waals surface area contributed by atoms with E-state index in [9.17, 15) is 9.18 Å². The summed E-state index contributed by atoms with van der Waals surface area (Å²) in [4.78, 5) is 25.0. The van der Waals surface area contributed by atoms with E-state index in [1.807, 2.05) is 13.1 Å². The van der Waals surface area contributed by atoms with Crippen LogP contribution >= 0.6 is 22.9 Å². The predicted octanol–water partition coefficient (Wildman–Crippen LogP) is 5.30. The third kappa shape index (κ3) is 5.82. The molecule has 9 heteroatoms. The Morgan fingerprint density at radius 3 is 2.81 bits per heavy atom. The number of nitrogens with one attached hydrogen (secondary N) is 2. The summed E-state index contributed by atoms with van der Waals surface area (Å²) in [6, 6.07) is 4.86. The molecule has 0 atom stereocenters. The molecule has 1 amide bonds. The molecule has 0 radical (unpaired) electrons. The van der Waals surface area contributed by atoms with Crippen molar-refractivity contribution in [2.24, 2.45) is 0 Å². The van der Waals surface area contributed by atoms with Crippen LogP contribution in [0.3, 0.4) is 0 Å². The summed E-state index contributed by atoms with van der Waals surface area (Å²) in [6.07, 6.45) is 5.68. The summed E-state index contributed by atoms with van der Waals surface area (Å²) in [5.74, 6) is 0.0183. The molecule has 0 aliphatic carbocycles. The first-order valence-corrected chi connectivity index (χ1v) is 11.6. The summed E-state index contributed by atoms with van der Waals surface area (Å²) in [6.45, 7) is 7.40. The lowest BCUT2D eigenvalue weighted by Crippen LogP contribution is -2.26. The second kappa shape index (κ2) is 10.8. The third-order valence-corrected chi connectivity index (χ3v) is 6.60. The van der Waals surface area contributed by atoms with E-state index < -0.39 is 5.82 Å². The van der Waals surface area contributed by atoms with Crippen LogP contribution in [0, 0.1) is 5.82 Å². The van der Waals surface area contributed by atoms with Gasteiger partial charge in [0.1, 0.15) is 22.8 Å². The van der Waals surface area contributed by atoms with Crippen molar-refractivity contribution < 1.29 is 9.18 Å². The number of anilines is 2.